The van der Waals surface area contributed by atoms with Crippen molar-refractivity contribution in [2.45, 2.75) is 63.8 Å². The number of carbonyl (C=O) groups excluding carboxylic acids is 2. The summed E-state index contributed by atoms with van der Waals surface area (Å²) < 4.78 is 0. The summed E-state index contributed by atoms with van der Waals surface area (Å²) in [5.74, 6) is -0.704. The maximum atomic E-state index is 12.6. The molecule has 1 atom stereocenters. The van der Waals surface area contributed by atoms with Crippen molar-refractivity contribution in [3.05, 3.63) is 0 Å². The first kappa shape index (κ1) is 17.2. The lowest BCUT2D eigenvalue weighted by molar-refractivity contribution is -0.141. The van der Waals surface area contributed by atoms with Crippen LogP contribution in [0.2, 0.25) is 0 Å². The SMILES string of the molecule is O=C(O)C1CCN(C(=O)C2CCC(NC(=O)C3CCCC3)CC2)C1. The highest BCUT2D eigenvalue weighted by Crippen LogP contribution is 2.30. The van der Waals surface area contributed by atoms with E-state index in [-0.39, 0.29) is 29.7 Å². The van der Waals surface area contributed by atoms with Crippen molar-refractivity contribution in [2.75, 3.05) is 13.1 Å². The van der Waals surface area contributed by atoms with E-state index in [1.165, 1.54) is 0 Å². The van der Waals surface area contributed by atoms with Crippen molar-refractivity contribution in [1.82, 2.24) is 10.2 Å². The van der Waals surface area contributed by atoms with Crippen molar-refractivity contribution in [3.63, 3.8) is 0 Å². The van der Waals surface area contributed by atoms with Gasteiger partial charge in [-0.15, -0.1) is 0 Å². The van der Waals surface area contributed by atoms with E-state index in [2.05, 4.69) is 5.32 Å². The smallest absolute Gasteiger partial charge is 0.308 e. The molecule has 1 unspecified atom stereocenters. The number of carboxylic acids is 1. The van der Waals surface area contributed by atoms with Gasteiger partial charge in [0.1, 0.15) is 0 Å². The first-order valence-corrected chi connectivity index (χ1v) is 9.36. The summed E-state index contributed by atoms with van der Waals surface area (Å²) in [5.41, 5.74) is 0. The Kier molecular flexibility index (Phi) is 5.41. The molecule has 0 aromatic carbocycles. The highest BCUT2D eigenvalue weighted by atomic mass is 16.4. The van der Waals surface area contributed by atoms with Gasteiger partial charge in [0, 0.05) is 31.0 Å². The molecule has 2 saturated carbocycles. The number of amides is 2. The Hall–Kier alpha value is -1.59. The van der Waals surface area contributed by atoms with E-state index in [0.29, 0.717) is 19.5 Å². The van der Waals surface area contributed by atoms with E-state index in [1.807, 2.05) is 0 Å². The van der Waals surface area contributed by atoms with E-state index < -0.39 is 11.9 Å². The number of nitrogens with zero attached hydrogens (tertiary/aromatic N) is 1. The third kappa shape index (κ3) is 3.90. The summed E-state index contributed by atoms with van der Waals surface area (Å²) in [6.45, 7) is 0.917. The third-order valence-electron chi connectivity index (χ3n) is 6.00. The van der Waals surface area contributed by atoms with Gasteiger partial charge in [-0.05, 0) is 44.9 Å². The molecule has 24 heavy (non-hydrogen) atoms. The molecule has 2 N–H and O–H groups in total. The molecule has 0 radical (unpaired) electrons. The molecule has 0 bridgehead atoms. The van der Waals surface area contributed by atoms with Gasteiger partial charge < -0.3 is 15.3 Å². The van der Waals surface area contributed by atoms with Gasteiger partial charge in [0.15, 0.2) is 0 Å². The minimum absolute atomic E-state index is 0.00261. The van der Waals surface area contributed by atoms with Gasteiger partial charge in [0.05, 0.1) is 5.92 Å². The molecule has 1 saturated heterocycles. The van der Waals surface area contributed by atoms with Gasteiger partial charge in [-0.25, -0.2) is 0 Å². The predicted octanol–water partition coefficient (Wildman–Crippen LogP) is 1.78. The summed E-state index contributed by atoms with van der Waals surface area (Å²) in [5, 5.41) is 12.2. The van der Waals surface area contributed by atoms with Gasteiger partial charge in [0.25, 0.3) is 0 Å². The molecule has 0 aromatic heterocycles. The molecule has 0 spiro atoms. The van der Waals surface area contributed by atoms with Crippen molar-refractivity contribution >= 4 is 17.8 Å². The number of likely N-dealkylation sites (tertiary alicyclic amines) is 1. The second-order valence-electron chi connectivity index (χ2n) is 7.65. The minimum Gasteiger partial charge on any atom is -0.481 e. The normalized spacial score (nSPS) is 31.2. The molecule has 6 nitrogen and oxygen atoms in total. The summed E-state index contributed by atoms with van der Waals surface area (Å²) in [6, 6.07) is 0.201. The average molecular weight is 336 g/mol. The number of hydrogen-bond donors (Lipinski definition) is 2. The number of carbonyl (C=O) groups is 3. The fourth-order valence-corrected chi connectivity index (χ4v) is 4.41. The second kappa shape index (κ2) is 7.53. The number of nitrogens with one attached hydrogen (secondary N) is 1. The zero-order chi connectivity index (χ0) is 17.1. The van der Waals surface area contributed by atoms with Crippen molar-refractivity contribution in [1.29, 1.82) is 0 Å². The fraction of sp³-hybridized carbons (Fsp3) is 0.833. The molecule has 1 heterocycles. The topological polar surface area (TPSA) is 86.7 Å². The van der Waals surface area contributed by atoms with E-state index in [1.54, 1.807) is 4.90 Å². The summed E-state index contributed by atoms with van der Waals surface area (Å²) in [4.78, 5) is 37.5. The lowest BCUT2D eigenvalue weighted by atomic mass is 9.85. The van der Waals surface area contributed by atoms with Crippen LogP contribution in [0.4, 0.5) is 0 Å². The molecule has 0 aromatic rings. The molecule has 134 valence electrons. The Labute approximate surface area is 143 Å². The highest BCUT2D eigenvalue weighted by molar-refractivity contribution is 5.81. The molecular weight excluding hydrogens is 308 g/mol. The largest absolute Gasteiger partial charge is 0.481 e. The van der Waals surface area contributed by atoms with Crippen LogP contribution >= 0.6 is 0 Å². The minimum atomic E-state index is -0.802. The molecule has 6 heteroatoms. The third-order valence-corrected chi connectivity index (χ3v) is 6.00. The maximum Gasteiger partial charge on any atom is 0.308 e. The van der Waals surface area contributed by atoms with Gasteiger partial charge in [0.2, 0.25) is 11.8 Å². The average Bonchev–Trinajstić information content (AvgIpc) is 3.26. The van der Waals surface area contributed by atoms with Crippen LogP contribution in [0, 0.1) is 17.8 Å². The van der Waals surface area contributed by atoms with Crippen LogP contribution in [0.5, 0.6) is 0 Å². The second-order valence-corrected chi connectivity index (χ2v) is 7.65. The van der Waals surface area contributed by atoms with E-state index >= 15 is 0 Å². The van der Waals surface area contributed by atoms with E-state index in [0.717, 1.165) is 51.4 Å². The van der Waals surface area contributed by atoms with Crippen LogP contribution in [-0.4, -0.2) is 46.9 Å². The lowest BCUT2D eigenvalue weighted by Gasteiger charge is -2.31. The Bertz CT molecular complexity index is 493. The van der Waals surface area contributed by atoms with E-state index in [4.69, 9.17) is 5.11 Å². The lowest BCUT2D eigenvalue weighted by Crippen LogP contribution is -2.43. The standard InChI is InChI=1S/C18H28N2O4/c21-16(12-3-1-2-4-12)19-15-7-5-13(6-8-15)17(22)20-10-9-14(11-20)18(23)24/h12-15H,1-11H2,(H,19,21)(H,23,24). The van der Waals surface area contributed by atoms with Crippen LogP contribution < -0.4 is 5.32 Å². The first-order valence-electron chi connectivity index (χ1n) is 9.36. The van der Waals surface area contributed by atoms with Gasteiger partial charge >= 0.3 is 5.97 Å². The summed E-state index contributed by atoms with van der Waals surface area (Å²) in [7, 11) is 0. The number of carboxylic acid groups (broad SMARTS) is 1. The fourth-order valence-electron chi connectivity index (χ4n) is 4.41. The Morgan fingerprint density at radius 2 is 1.50 bits per heavy atom. The summed E-state index contributed by atoms with van der Waals surface area (Å²) in [6.07, 6.45) is 8.20. The molecule has 2 amide bonds. The first-order chi connectivity index (χ1) is 11.5. The van der Waals surface area contributed by atoms with Gasteiger partial charge in [-0.1, -0.05) is 12.8 Å². The van der Waals surface area contributed by atoms with Crippen molar-refractivity contribution in [3.8, 4) is 0 Å². The number of hydrogen-bond acceptors (Lipinski definition) is 3. The molecule has 3 rings (SSSR count). The quantitative estimate of drug-likeness (QED) is 0.819. The van der Waals surface area contributed by atoms with Crippen LogP contribution in [0.1, 0.15) is 57.8 Å². The molecular formula is C18H28N2O4. The Morgan fingerprint density at radius 3 is 2.08 bits per heavy atom. The van der Waals surface area contributed by atoms with Crippen LogP contribution in [0.25, 0.3) is 0 Å². The van der Waals surface area contributed by atoms with Crippen LogP contribution in [-0.2, 0) is 14.4 Å². The Balaban J connectivity index is 1.42. The Morgan fingerprint density at radius 1 is 0.833 bits per heavy atom. The molecule has 3 aliphatic rings. The molecule has 3 fully saturated rings. The van der Waals surface area contributed by atoms with Crippen molar-refractivity contribution in [2.24, 2.45) is 17.8 Å². The zero-order valence-corrected chi connectivity index (χ0v) is 14.2. The predicted molar refractivity (Wildman–Crippen MR) is 88.2 cm³/mol. The maximum absolute atomic E-state index is 12.6. The number of aliphatic carboxylic acids is 1. The van der Waals surface area contributed by atoms with Crippen molar-refractivity contribution < 1.29 is 19.5 Å². The van der Waals surface area contributed by atoms with Gasteiger partial charge in [-0.2, -0.15) is 0 Å². The van der Waals surface area contributed by atoms with E-state index in [9.17, 15) is 14.4 Å². The zero-order valence-electron chi connectivity index (χ0n) is 14.2. The van der Waals surface area contributed by atoms with Crippen LogP contribution in [0.15, 0.2) is 0 Å². The van der Waals surface area contributed by atoms with Gasteiger partial charge in [-0.3, -0.25) is 14.4 Å². The van der Waals surface area contributed by atoms with Crippen LogP contribution in [0.3, 0.4) is 0 Å². The molecule has 2 aliphatic carbocycles. The monoisotopic (exact) mass is 336 g/mol. The number of rotatable bonds is 4. The molecule has 1 aliphatic heterocycles. The highest BCUT2D eigenvalue weighted by Gasteiger charge is 2.36. The summed E-state index contributed by atoms with van der Waals surface area (Å²) >= 11 is 0.